The number of pyridine rings is 1. The van der Waals surface area contributed by atoms with E-state index in [0.717, 1.165) is 22.3 Å². The maximum atomic E-state index is 13.2. The number of carbonyl (C=O) groups excluding carboxylic acids is 1. The molecule has 44 heavy (non-hydrogen) atoms. The zero-order valence-electron chi connectivity index (χ0n) is 24.5. The van der Waals surface area contributed by atoms with E-state index in [-0.39, 0.29) is 5.75 Å². The lowest BCUT2D eigenvalue weighted by Crippen LogP contribution is -2.39. The molecule has 4 heterocycles. The van der Waals surface area contributed by atoms with E-state index < -0.39 is 12.0 Å². The number of nitrogens with zero attached hydrogens (tertiary/aromatic N) is 2. The smallest absolute Gasteiger partial charge is 0.342 e. The second-order valence-corrected chi connectivity index (χ2v) is 10.9. The van der Waals surface area contributed by atoms with Crippen LogP contribution in [0, 0.1) is 6.92 Å². The van der Waals surface area contributed by atoms with Crippen molar-refractivity contribution in [1.29, 1.82) is 0 Å². The van der Waals surface area contributed by atoms with Gasteiger partial charge >= 0.3 is 5.97 Å². The molecule has 1 N–H and O–H groups in total. The lowest BCUT2D eigenvalue weighted by Gasteiger charge is -2.36. The minimum absolute atomic E-state index is 0.0700. The lowest BCUT2D eigenvalue weighted by atomic mass is 9.89. The van der Waals surface area contributed by atoms with Gasteiger partial charge in [-0.3, -0.25) is 9.88 Å². The van der Waals surface area contributed by atoms with E-state index in [9.17, 15) is 9.90 Å². The molecule has 0 radical (unpaired) electrons. The number of esters is 1. The van der Waals surface area contributed by atoms with E-state index in [0.29, 0.717) is 83.7 Å². The van der Waals surface area contributed by atoms with Gasteiger partial charge in [0.1, 0.15) is 39.7 Å². The number of aryl methyl sites for hydroxylation is 1. The Morgan fingerprint density at radius 1 is 1.02 bits per heavy atom. The van der Waals surface area contributed by atoms with Crippen LogP contribution in [-0.4, -0.2) is 61.0 Å². The summed E-state index contributed by atoms with van der Waals surface area (Å²) in [5.74, 6) is 1.39. The molecule has 9 heteroatoms. The Labute approximate surface area is 253 Å². The maximum absolute atomic E-state index is 13.2. The highest BCUT2D eigenvalue weighted by atomic mass is 16.5. The molecule has 1 unspecified atom stereocenters. The van der Waals surface area contributed by atoms with E-state index in [1.807, 2.05) is 60.7 Å². The number of phenols is 1. The molecule has 3 aromatic carbocycles. The molecule has 0 bridgehead atoms. The van der Waals surface area contributed by atoms with Crippen LogP contribution in [0.4, 0.5) is 0 Å². The summed E-state index contributed by atoms with van der Waals surface area (Å²) in [6.07, 6.45) is 4.05. The van der Waals surface area contributed by atoms with Crippen molar-refractivity contribution < 1.29 is 32.9 Å². The van der Waals surface area contributed by atoms with Crippen molar-refractivity contribution >= 4 is 38.7 Å². The van der Waals surface area contributed by atoms with Gasteiger partial charge in [-0.05, 0) is 55.0 Å². The fraction of sp³-hybridized carbons (Fsp3) is 0.257. The van der Waals surface area contributed by atoms with Crippen molar-refractivity contribution in [2.75, 3.05) is 40.0 Å². The molecule has 0 amide bonds. The Morgan fingerprint density at radius 2 is 1.82 bits per heavy atom. The summed E-state index contributed by atoms with van der Waals surface area (Å²) in [6.45, 7) is 4.54. The molecule has 1 aliphatic heterocycles. The zero-order chi connectivity index (χ0) is 30.2. The highest BCUT2D eigenvalue weighted by Crippen LogP contribution is 2.48. The Morgan fingerprint density at radius 3 is 2.59 bits per heavy atom. The number of phenolic OH excluding ortho intramolecular Hbond substituents is 1. The summed E-state index contributed by atoms with van der Waals surface area (Å²) in [4.78, 5) is 19.7. The molecule has 0 spiro atoms. The summed E-state index contributed by atoms with van der Waals surface area (Å²) in [6, 6.07) is 18.9. The first kappa shape index (κ1) is 27.9. The number of rotatable bonds is 8. The van der Waals surface area contributed by atoms with E-state index in [4.69, 9.17) is 23.0 Å². The second-order valence-electron chi connectivity index (χ2n) is 10.9. The quantitative estimate of drug-likeness (QED) is 0.196. The van der Waals surface area contributed by atoms with Crippen molar-refractivity contribution in [3.05, 3.63) is 101 Å². The van der Waals surface area contributed by atoms with Crippen LogP contribution in [0.1, 0.15) is 39.0 Å². The van der Waals surface area contributed by atoms with Gasteiger partial charge in [0.2, 0.25) is 0 Å². The first-order chi connectivity index (χ1) is 21.5. The van der Waals surface area contributed by atoms with Crippen LogP contribution in [0.5, 0.6) is 11.5 Å². The molecule has 0 saturated carbocycles. The summed E-state index contributed by atoms with van der Waals surface area (Å²) in [7, 11) is 1.34. The van der Waals surface area contributed by atoms with Crippen LogP contribution < -0.4 is 4.74 Å². The van der Waals surface area contributed by atoms with Crippen LogP contribution >= 0.6 is 0 Å². The van der Waals surface area contributed by atoms with Gasteiger partial charge in [0.05, 0.1) is 33.0 Å². The van der Waals surface area contributed by atoms with E-state index >= 15 is 0 Å². The number of benzene rings is 3. The molecule has 3 aromatic heterocycles. The molecule has 9 nitrogen and oxygen atoms in total. The molecule has 224 valence electrons. The minimum Gasteiger partial charge on any atom is -0.507 e. The molecule has 1 saturated heterocycles. The van der Waals surface area contributed by atoms with Crippen molar-refractivity contribution in [1.82, 2.24) is 9.88 Å². The van der Waals surface area contributed by atoms with Gasteiger partial charge in [-0.25, -0.2) is 4.79 Å². The molecule has 1 fully saturated rings. The van der Waals surface area contributed by atoms with Crippen molar-refractivity contribution in [2.45, 2.75) is 19.4 Å². The lowest BCUT2D eigenvalue weighted by molar-refractivity contribution is 0.0238. The molecular weight excluding hydrogens is 560 g/mol. The zero-order valence-corrected chi connectivity index (χ0v) is 24.5. The second kappa shape index (κ2) is 11.7. The Kier molecular flexibility index (Phi) is 7.41. The Balaban J connectivity index is 1.34. The number of hydrogen-bond donors (Lipinski definition) is 1. The predicted octanol–water partition coefficient (Wildman–Crippen LogP) is 6.57. The largest absolute Gasteiger partial charge is 0.507 e. The van der Waals surface area contributed by atoms with Gasteiger partial charge in [0.25, 0.3) is 0 Å². The minimum atomic E-state index is -0.532. The number of aromatic nitrogens is 1. The summed E-state index contributed by atoms with van der Waals surface area (Å²) in [5, 5.41) is 14.9. The van der Waals surface area contributed by atoms with Crippen LogP contribution in [0.2, 0.25) is 0 Å². The SMILES string of the molecule is COC(=O)c1c(C)oc2c1c(C(c1ccncc1)N1CCOCC1)c(O)c1ccc(OCCc3cc4ccccc4o3)cc12. The van der Waals surface area contributed by atoms with Gasteiger partial charge in [-0.2, -0.15) is 0 Å². The highest BCUT2D eigenvalue weighted by Gasteiger charge is 2.34. The van der Waals surface area contributed by atoms with Crippen LogP contribution in [0.25, 0.3) is 32.7 Å². The van der Waals surface area contributed by atoms with Gasteiger partial charge in [0, 0.05) is 59.0 Å². The van der Waals surface area contributed by atoms with Crippen molar-refractivity contribution in [2.24, 2.45) is 0 Å². The van der Waals surface area contributed by atoms with Gasteiger partial charge in [-0.1, -0.05) is 18.2 Å². The molecule has 6 aromatic rings. The fourth-order valence-electron chi connectivity index (χ4n) is 6.25. The summed E-state index contributed by atoms with van der Waals surface area (Å²) >= 11 is 0. The molecule has 7 rings (SSSR count). The third-order valence-electron chi connectivity index (χ3n) is 8.29. The normalized spacial score (nSPS) is 14.8. The molecule has 1 aliphatic rings. The monoisotopic (exact) mass is 592 g/mol. The van der Waals surface area contributed by atoms with Crippen LogP contribution in [0.15, 0.2) is 81.9 Å². The van der Waals surface area contributed by atoms with E-state index in [2.05, 4.69) is 9.88 Å². The van der Waals surface area contributed by atoms with Gasteiger partial charge in [-0.15, -0.1) is 0 Å². The number of aromatic hydroxyl groups is 1. The first-order valence-corrected chi connectivity index (χ1v) is 14.7. The van der Waals surface area contributed by atoms with Crippen molar-refractivity contribution in [3.8, 4) is 11.5 Å². The van der Waals surface area contributed by atoms with Crippen LogP contribution in [0.3, 0.4) is 0 Å². The molecule has 0 aliphatic carbocycles. The molecule has 1 atom stereocenters. The van der Waals surface area contributed by atoms with Crippen molar-refractivity contribution in [3.63, 3.8) is 0 Å². The number of methoxy groups -OCH3 is 1. The average Bonchev–Trinajstić information content (AvgIpc) is 3.63. The number of morpholine rings is 1. The third-order valence-corrected chi connectivity index (χ3v) is 8.29. The summed E-state index contributed by atoms with van der Waals surface area (Å²) in [5.41, 5.74) is 3.13. The fourth-order valence-corrected chi connectivity index (χ4v) is 6.25. The van der Waals surface area contributed by atoms with E-state index in [1.165, 1.54) is 7.11 Å². The predicted molar refractivity (Wildman–Crippen MR) is 165 cm³/mol. The molecular formula is C35H32N2O7. The van der Waals surface area contributed by atoms with E-state index in [1.54, 1.807) is 19.3 Å². The average molecular weight is 593 g/mol. The number of carbonyl (C=O) groups is 1. The Hall–Kier alpha value is -4.86. The van der Waals surface area contributed by atoms with Crippen LogP contribution in [-0.2, 0) is 15.9 Å². The number of ether oxygens (including phenoxy) is 3. The van der Waals surface area contributed by atoms with Gasteiger partial charge < -0.3 is 28.2 Å². The standard InChI is InChI=1S/C35H32N2O7/c1-21-29(35(39)40-2)30-31(32(22-9-12-36-13-10-22)37-14-17-41-18-15-37)33(38)26-8-7-24(20-27(26)34(30)43-21)42-16-11-25-19-23-5-3-4-6-28(23)44-25/h3-10,12-13,19-20,32,38H,11,14-18H2,1-2H3. The maximum Gasteiger partial charge on any atom is 0.342 e. The Bertz CT molecular complexity index is 1940. The number of para-hydroxylation sites is 1. The number of fused-ring (bicyclic) bond motifs is 4. The highest BCUT2D eigenvalue weighted by molar-refractivity contribution is 6.17. The third kappa shape index (κ3) is 4.94. The van der Waals surface area contributed by atoms with Gasteiger partial charge in [0.15, 0.2) is 0 Å². The topological polar surface area (TPSA) is 107 Å². The number of furan rings is 2. The number of hydrogen-bond acceptors (Lipinski definition) is 9. The first-order valence-electron chi connectivity index (χ1n) is 14.7. The summed E-state index contributed by atoms with van der Waals surface area (Å²) < 4.78 is 29.3.